The lowest BCUT2D eigenvalue weighted by atomic mass is 9.97. The second kappa shape index (κ2) is 3.51. The molecule has 0 aromatic heterocycles. The Morgan fingerprint density at radius 3 is 2.93 bits per heavy atom. The van der Waals surface area contributed by atoms with Crippen LogP contribution in [-0.2, 0) is 6.42 Å². The Kier molecular flexibility index (Phi) is 2.32. The second-order valence-corrected chi connectivity index (χ2v) is 3.54. The number of hydrogen-bond acceptors (Lipinski definition) is 3. The van der Waals surface area contributed by atoms with E-state index in [4.69, 9.17) is 16.2 Å². The van der Waals surface area contributed by atoms with Crippen LogP contribution < -0.4 is 16.2 Å². The van der Waals surface area contributed by atoms with Gasteiger partial charge in [-0.05, 0) is 18.6 Å². The summed E-state index contributed by atoms with van der Waals surface area (Å²) in [6, 6.07) is 2.31. The van der Waals surface area contributed by atoms with Crippen LogP contribution in [0.4, 0.5) is 4.39 Å². The van der Waals surface area contributed by atoms with E-state index in [0.717, 1.165) is 0 Å². The Morgan fingerprint density at radius 2 is 2.27 bits per heavy atom. The first-order chi connectivity index (χ1) is 7.09. The molecule has 0 saturated heterocycles. The van der Waals surface area contributed by atoms with Crippen LogP contribution in [0.25, 0.3) is 0 Å². The van der Waals surface area contributed by atoms with E-state index in [1.54, 1.807) is 0 Å². The molecule has 1 atom stereocenters. The Labute approximate surface area is 86.0 Å². The van der Waals surface area contributed by atoms with Gasteiger partial charge in [0.05, 0.1) is 0 Å². The van der Waals surface area contributed by atoms with Crippen molar-refractivity contribution in [2.45, 2.75) is 12.5 Å². The lowest BCUT2D eigenvalue weighted by molar-refractivity contribution is 0.0997. The van der Waals surface area contributed by atoms with Crippen LogP contribution in [0.15, 0.2) is 12.1 Å². The highest BCUT2D eigenvalue weighted by Crippen LogP contribution is 2.30. The molecule has 5 heteroatoms. The minimum absolute atomic E-state index is 0.105. The number of hydrogen-bond donors (Lipinski definition) is 2. The van der Waals surface area contributed by atoms with E-state index in [0.29, 0.717) is 12.0 Å². The van der Waals surface area contributed by atoms with Gasteiger partial charge >= 0.3 is 0 Å². The third-order valence-electron chi connectivity index (χ3n) is 2.39. The van der Waals surface area contributed by atoms with Crippen LogP contribution >= 0.6 is 0 Å². The fourth-order valence-electron chi connectivity index (χ4n) is 1.70. The van der Waals surface area contributed by atoms with Crippen molar-refractivity contribution >= 4 is 5.91 Å². The van der Waals surface area contributed by atoms with Crippen molar-refractivity contribution in [1.29, 1.82) is 0 Å². The van der Waals surface area contributed by atoms with Crippen LogP contribution in [0, 0.1) is 5.82 Å². The molecule has 15 heavy (non-hydrogen) atoms. The number of primary amides is 1. The summed E-state index contributed by atoms with van der Waals surface area (Å²) < 4.78 is 18.5. The first-order valence-electron chi connectivity index (χ1n) is 4.59. The maximum absolute atomic E-state index is 13.3. The molecular weight excluding hydrogens is 199 g/mol. The first-order valence-corrected chi connectivity index (χ1v) is 4.59. The molecule has 0 saturated carbocycles. The van der Waals surface area contributed by atoms with Crippen molar-refractivity contribution in [1.82, 2.24) is 0 Å². The van der Waals surface area contributed by atoms with Gasteiger partial charge in [-0.15, -0.1) is 0 Å². The van der Waals surface area contributed by atoms with Gasteiger partial charge in [0.25, 0.3) is 0 Å². The van der Waals surface area contributed by atoms with E-state index in [9.17, 15) is 9.18 Å². The van der Waals surface area contributed by atoms with Gasteiger partial charge < -0.3 is 16.2 Å². The molecule has 2 rings (SSSR count). The number of ether oxygens (including phenoxy) is 1. The average molecular weight is 210 g/mol. The lowest BCUT2D eigenvalue weighted by Gasteiger charge is -2.24. The molecule has 4 nitrogen and oxygen atoms in total. The zero-order valence-electron chi connectivity index (χ0n) is 8.00. The van der Waals surface area contributed by atoms with E-state index in [1.807, 2.05) is 0 Å². The Hall–Kier alpha value is -1.62. The molecule has 0 aliphatic carbocycles. The summed E-state index contributed by atoms with van der Waals surface area (Å²) >= 11 is 0. The Bertz CT molecular complexity index is 420. The minimum Gasteiger partial charge on any atom is -0.489 e. The minimum atomic E-state index is -0.594. The van der Waals surface area contributed by atoms with Gasteiger partial charge in [0.2, 0.25) is 5.91 Å². The monoisotopic (exact) mass is 210 g/mol. The lowest BCUT2D eigenvalue weighted by Crippen LogP contribution is -2.35. The average Bonchev–Trinajstić information content (AvgIpc) is 2.17. The van der Waals surface area contributed by atoms with Gasteiger partial charge in [-0.2, -0.15) is 0 Å². The van der Waals surface area contributed by atoms with Gasteiger partial charge in [-0.3, -0.25) is 4.79 Å². The standard InChI is InChI=1S/C10H11FN2O2/c11-8-2-1-6(10(13)14)7-3-5(12)4-15-9(7)8/h1-2,5H,3-4,12H2,(H2,13,14)/t5-/m0/s1. The molecule has 0 spiro atoms. The maximum atomic E-state index is 13.3. The molecule has 1 aliphatic rings. The largest absolute Gasteiger partial charge is 0.489 e. The van der Waals surface area contributed by atoms with Crippen LogP contribution in [-0.4, -0.2) is 18.6 Å². The third-order valence-corrected chi connectivity index (χ3v) is 2.39. The van der Waals surface area contributed by atoms with Crippen LogP contribution in [0.5, 0.6) is 5.75 Å². The number of carbonyl (C=O) groups is 1. The number of nitrogens with two attached hydrogens (primary N) is 2. The Balaban J connectivity index is 2.56. The van der Waals surface area contributed by atoms with E-state index in [1.165, 1.54) is 12.1 Å². The molecule has 0 radical (unpaired) electrons. The zero-order valence-corrected chi connectivity index (χ0v) is 8.00. The summed E-state index contributed by atoms with van der Waals surface area (Å²) in [6.45, 7) is 0.256. The molecule has 0 unspecified atom stereocenters. The fraction of sp³-hybridized carbons (Fsp3) is 0.300. The van der Waals surface area contributed by atoms with Crippen molar-refractivity contribution in [3.63, 3.8) is 0 Å². The predicted octanol–water partition coefficient (Wildman–Crippen LogP) is 0.187. The van der Waals surface area contributed by atoms with Gasteiger partial charge in [0, 0.05) is 17.2 Å². The molecule has 0 fully saturated rings. The molecule has 1 amide bonds. The summed E-state index contributed by atoms with van der Waals surface area (Å²) in [5, 5.41) is 0. The molecule has 1 aliphatic heterocycles. The normalized spacial score (nSPS) is 19.2. The highest BCUT2D eigenvalue weighted by Gasteiger charge is 2.24. The number of halogens is 1. The summed E-state index contributed by atoms with van der Waals surface area (Å²) in [6.07, 6.45) is 0.408. The highest BCUT2D eigenvalue weighted by atomic mass is 19.1. The third kappa shape index (κ3) is 1.66. The maximum Gasteiger partial charge on any atom is 0.249 e. The zero-order chi connectivity index (χ0) is 11.0. The Morgan fingerprint density at radius 1 is 1.53 bits per heavy atom. The van der Waals surface area contributed by atoms with E-state index >= 15 is 0 Å². The van der Waals surface area contributed by atoms with Crippen molar-refractivity contribution in [2.24, 2.45) is 11.5 Å². The van der Waals surface area contributed by atoms with Gasteiger partial charge in [-0.1, -0.05) is 0 Å². The number of rotatable bonds is 1. The molecule has 80 valence electrons. The van der Waals surface area contributed by atoms with Crippen LogP contribution in [0.2, 0.25) is 0 Å². The summed E-state index contributed by atoms with van der Waals surface area (Å²) in [7, 11) is 0. The summed E-state index contributed by atoms with van der Waals surface area (Å²) in [5.74, 6) is -0.973. The quantitative estimate of drug-likeness (QED) is 0.694. The van der Waals surface area contributed by atoms with Gasteiger partial charge in [-0.25, -0.2) is 4.39 Å². The van der Waals surface area contributed by atoms with Crippen molar-refractivity contribution < 1.29 is 13.9 Å². The van der Waals surface area contributed by atoms with Crippen molar-refractivity contribution in [3.8, 4) is 5.75 Å². The summed E-state index contributed by atoms with van der Waals surface area (Å²) in [5.41, 5.74) is 11.6. The molecule has 4 N–H and O–H groups in total. The number of amides is 1. The van der Waals surface area contributed by atoms with Crippen molar-refractivity contribution in [2.75, 3.05) is 6.61 Å². The van der Waals surface area contributed by atoms with Gasteiger partial charge in [0.15, 0.2) is 11.6 Å². The first kappa shape index (κ1) is 9.92. The number of benzene rings is 1. The number of fused-ring (bicyclic) bond motifs is 1. The number of carbonyl (C=O) groups excluding carboxylic acids is 1. The molecule has 1 aromatic rings. The molecule has 1 heterocycles. The molecule has 0 bridgehead atoms. The smallest absolute Gasteiger partial charge is 0.249 e. The molecule has 1 aromatic carbocycles. The van der Waals surface area contributed by atoms with Crippen LogP contribution in [0.3, 0.4) is 0 Å². The fourth-order valence-corrected chi connectivity index (χ4v) is 1.70. The van der Waals surface area contributed by atoms with E-state index < -0.39 is 11.7 Å². The SMILES string of the molecule is NC(=O)c1ccc(F)c2c1C[C@H](N)CO2. The molecular formula is C10H11FN2O2. The highest BCUT2D eigenvalue weighted by molar-refractivity contribution is 5.95. The van der Waals surface area contributed by atoms with E-state index in [-0.39, 0.29) is 24.0 Å². The van der Waals surface area contributed by atoms with Crippen LogP contribution in [0.1, 0.15) is 15.9 Å². The predicted molar refractivity (Wildman–Crippen MR) is 52.1 cm³/mol. The second-order valence-electron chi connectivity index (χ2n) is 3.54. The van der Waals surface area contributed by atoms with Gasteiger partial charge in [0.1, 0.15) is 6.61 Å². The van der Waals surface area contributed by atoms with Crippen molar-refractivity contribution in [3.05, 3.63) is 29.1 Å². The van der Waals surface area contributed by atoms with E-state index in [2.05, 4.69) is 0 Å². The summed E-state index contributed by atoms with van der Waals surface area (Å²) in [4.78, 5) is 11.1. The topological polar surface area (TPSA) is 78.3 Å².